The first-order valence-electron chi connectivity index (χ1n) is 15.1. The Balaban J connectivity index is 3.10. The van der Waals surface area contributed by atoms with Crippen LogP contribution in [0.5, 0.6) is 0 Å². The number of unbranched alkanes of at least 4 members (excludes halogenated alkanes) is 15. The number of carboxylic acid groups (broad SMARTS) is 1. The summed E-state index contributed by atoms with van der Waals surface area (Å²) in [6, 6.07) is 0. The van der Waals surface area contributed by atoms with Crippen molar-refractivity contribution in [2.75, 3.05) is 0 Å². The van der Waals surface area contributed by atoms with Gasteiger partial charge >= 0.3 is 5.97 Å². The van der Waals surface area contributed by atoms with Gasteiger partial charge in [0.15, 0.2) is 0 Å². The van der Waals surface area contributed by atoms with Crippen molar-refractivity contribution in [3.63, 3.8) is 0 Å². The van der Waals surface area contributed by atoms with Crippen LogP contribution in [0.1, 0.15) is 169 Å². The molecule has 0 aliphatic carbocycles. The topological polar surface area (TPSA) is 37.3 Å². The minimum absolute atomic E-state index is 0.493. The molecule has 1 aromatic rings. The minimum atomic E-state index is -0.797. The molecule has 0 radical (unpaired) electrons. The van der Waals surface area contributed by atoms with E-state index in [9.17, 15) is 9.90 Å². The Morgan fingerprint density at radius 2 is 0.914 bits per heavy atom. The number of carbonyl (C=O) groups is 1. The molecule has 1 N–H and O–H groups in total. The molecule has 0 unspecified atom stereocenters. The lowest BCUT2D eigenvalue weighted by atomic mass is 9.84. The summed E-state index contributed by atoms with van der Waals surface area (Å²) in [5.41, 5.74) is 5.51. The Labute approximate surface area is 223 Å². The minimum Gasteiger partial charge on any atom is -0.478 e. The van der Waals surface area contributed by atoms with E-state index in [0.717, 1.165) is 36.8 Å². The molecule has 0 bridgehead atoms. The fraction of sp³-hybridized carbons (Fsp3) is 0.781. The van der Waals surface area contributed by atoms with Crippen LogP contribution in [0, 0.1) is 6.92 Å². The highest BCUT2D eigenvalue weighted by Gasteiger charge is 2.23. The van der Waals surface area contributed by atoms with Crippen LogP contribution in [-0.4, -0.2) is 11.1 Å². The van der Waals surface area contributed by atoms with Gasteiger partial charge in [0.2, 0.25) is 0 Å². The van der Waals surface area contributed by atoms with Crippen LogP contribution in [0.4, 0.5) is 0 Å². The van der Waals surface area contributed by atoms with E-state index in [1.807, 2.05) is 0 Å². The van der Waals surface area contributed by atoms with Gasteiger partial charge in [0.25, 0.3) is 0 Å². The van der Waals surface area contributed by atoms with E-state index in [4.69, 9.17) is 12.6 Å². The van der Waals surface area contributed by atoms with Gasteiger partial charge in [-0.15, -0.1) is 12.6 Å². The van der Waals surface area contributed by atoms with Gasteiger partial charge in [-0.2, -0.15) is 0 Å². The molecule has 0 atom stereocenters. The predicted octanol–water partition coefficient (Wildman–Crippen LogP) is 10.7. The molecule has 0 heterocycles. The smallest absolute Gasteiger partial charge is 0.337 e. The molecule has 3 heteroatoms. The van der Waals surface area contributed by atoms with Crippen LogP contribution in [0.15, 0.2) is 4.90 Å². The van der Waals surface area contributed by atoms with Crippen LogP contribution in [0.25, 0.3) is 0 Å². The largest absolute Gasteiger partial charge is 0.478 e. The van der Waals surface area contributed by atoms with Crippen LogP contribution < -0.4 is 0 Å². The summed E-state index contributed by atoms with van der Waals surface area (Å²) in [6.45, 7) is 8.89. The number of hydrogen-bond donors (Lipinski definition) is 2. The molecule has 0 saturated heterocycles. The van der Waals surface area contributed by atoms with Gasteiger partial charge in [0.05, 0.1) is 5.56 Å². The van der Waals surface area contributed by atoms with Gasteiger partial charge < -0.3 is 5.11 Å². The van der Waals surface area contributed by atoms with Gasteiger partial charge in [0.1, 0.15) is 0 Å². The number of hydrogen-bond acceptors (Lipinski definition) is 2. The van der Waals surface area contributed by atoms with Gasteiger partial charge in [-0.1, -0.05) is 117 Å². The van der Waals surface area contributed by atoms with Gasteiger partial charge in [-0.25, -0.2) is 4.79 Å². The molecule has 1 aromatic carbocycles. The summed E-state index contributed by atoms with van der Waals surface area (Å²) in [5.74, 6) is -0.797. The summed E-state index contributed by atoms with van der Waals surface area (Å²) >= 11 is 4.79. The zero-order valence-corrected chi connectivity index (χ0v) is 24.5. The summed E-state index contributed by atoms with van der Waals surface area (Å²) in [5, 5.41) is 10.2. The van der Waals surface area contributed by atoms with Crippen LogP contribution in [-0.2, 0) is 19.3 Å². The highest BCUT2D eigenvalue weighted by molar-refractivity contribution is 7.80. The Hall–Kier alpha value is -0.960. The van der Waals surface area contributed by atoms with Crippen molar-refractivity contribution in [2.24, 2.45) is 0 Å². The third kappa shape index (κ3) is 12.2. The maximum Gasteiger partial charge on any atom is 0.337 e. The van der Waals surface area contributed by atoms with Crippen molar-refractivity contribution in [1.82, 2.24) is 0 Å². The number of rotatable bonds is 22. The van der Waals surface area contributed by atoms with Crippen molar-refractivity contribution in [3.8, 4) is 0 Å². The first kappa shape index (κ1) is 32.1. The fourth-order valence-corrected chi connectivity index (χ4v) is 5.79. The molecular formula is C32H56O2S. The van der Waals surface area contributed by atoms with Gasteiger partial charge in [-0.3, -0.25) is 0 Å². The maximum absolute atomic E-state index is 12.4. The molecule has 0 saturated carbocycles. The summed E-state index contributed by atoms with van der Waals surface area (Å²) in [6.07, 6.45) is 25.7. The lowest BCUT2D eigenvalue weighted by Gasteiger charge is -2.23. The number of aromatic carboxylic acids is 1. The number of carboxylic acids is 1. The Morgan fingerprint density at radius 1 is 0.571 bits per heavy atom. The summed E-state index contributed by atoms with van der Waals surface area (Å²) in [7, 11) is 0. The Kier molecular flexibility index (Phi) is 18.5. The van der Waals surface area contributed by atoms with E-state index in [2.05, 4.69) is 27.7 Å². The molecule has 2 nitrogen and oxygen atoms in total. The fourth-order valence-electron chi connectivity index (χ4n) is 5.43. The normalized spacial score (nSPS) is 11.3. The number of thiol groups is 1. The SMILES string of the molecule is CCCCCCCCc1c(C)c(S)c(C(=O)O)c(CCCCCCCC)c1CCCCCCCC. The second kappa shape index (κ2) is 20.1. The van der Waals surface area contributed by atoms with Gasteiger partial charge in [-0.05, 0) is 67.7 Å². The van der Waals surface area contributed by atoms with E-state index in [1.54, 1.807) is 0 Å². The highest BCUT2D eigenvalue weighted by Crippen LogP contribution is 2.34. The molecule has 0 aromatic heterocycles. The molecule has 0 aliphatic heterocycles. The monoisotopic (exact) mass is 504 g/mol. The van der Waals surface area contributed by atoms with Crippen molar-refractivity contribution in [1.29, 1.82) is 0 Å². The molecule has 35 heavy (non-hydrogen) atoms. The van der Waals surface area contributed by atoms with Crippen molar-refractivity contribution >= 4 is 18.6 Å². The first-order chi connectivity index (χ1) is 17.0. The van der Waals surface area contributed by atoms with Crippen LogP contribution in [0.2, 0.25) is 0 Å². The quantitative estimate of drug-likeness (QED) is 0.122. The average molecular weight is 505 g/mol. The van der Waals surface area contributed by atoms with Crippen molar-refractivity contribution in [3.05, 3.63) is 27.8 Å². The van der Waals surface area contributed by atoms with Crippen LogP contribution >= 0.6 is 12.6 Å². The molecule has 0 amide bonds. The summed E-state index contributed by atoms with van der Waals surface area (Å²) < 4.78 is 0. The summed E-state index contributed by atoms with van der Waals surface area (Å²) in [4.78, 5) is 13.1. The molecule has 0 aliphatic rings. The first-order valence-corrected chi connectivity index (χ1v) is 15.5. The van der Waals surface area contributed by atoms with E-state index in [0.29, 0.717) is 10.5 Å². The van der Waals surface area contributed by atoms with E-state index in [-0.39, 0.29) is 0 Å². The standard InChI is InChI=1S/C32H56O2S/c1-5-8-11-14-17-20-23-27-26(4)31(35)30(32(33)34)29(25-22-19-16-13-10-7-3)28(27)24-21-18-15-12-9-6-2/h35H,5-25H2,1-4H3,(H,33,34). The molecule has 0 spiro atoms. The second-order valence-electron chi connectivity index (χ2n) is 10.6. The van der Waals surface area contributed by atoms with Crippen LogP contribution in [0.3, 0.4) is 0 Å². The van der Waals surface area contributed by atoms with E-state index in [1.165, 1.54) is 120 Å². The molecular weight excluding hydrogens is 448 g/mol. The lowest BCUT2D eigenvalue weighted by Crippen LogP contribution is -2.13. The predicted molar refractivity (Wildman–Crippen MR) is 157 cm³/mol. The Morgan fingerprint density at radius 3 is 1.31 bits per heavy atom. The maximum atomic E-state index is 12.4. The molecule has 1 rings (SSSR count). The third-order valence-electron chi connectivity index (χ3n) is 7.63. The zero-order chi connectivity index (χ0) is 25.9. The Bertz CT molecular complexity index is 710. The second-order valence-corrected chi connectivity index (χ2v) is 11.1. The van der Waals surface area contributed by atoms with Gasteiger partial charge in [0, 0.05) is 4.90 Å². The van der Waals surface area contributed by atoms with Crippen molar-refractivity contribution < 1.29 is 9.90 Å². The third-order valence-corrected chi connectivity index (χ3v) is 8.19. The molecule has 0 fully saturated rings. The van der Waals surface area contributed by atoms with E-state index >= 15 is 0 Å². The van der Waals surface area contributed by atoms with Crippen molar-refractivity contribution in [2.45, 2.75) is 167 Å². The lowest BCUT2D eigenvalue weighted by molar-refractivity contribution is 0.0691. The average Bonchev–Trinajstić information content (AvgIpc) is 2.84. The zero-order valence-electron chi connectivity index (χ0n) is 23.7. The van der Waals surface area contributed by atoms with E-state index < -0.39 is 5.97 Å². The molecule has 202 valence electrons. The number of benzene rings is 1. The highest BCUT2D eigenvalue weighted by atomic mass is 32.1.